The number of thiazole rings is 1. The van der Waals surface area contributed by atoms with Crippen molar-refractivity contribution in [1.29, 1.82) is 5.26 Å². The molecule has 126 valence electrons. The summed E-state index contributed by atoms with van der Waals surface area (Å²) in [5.41, 5.74) is 3.70. The van der Waals surface area contributed by atoms with Gasteiger partial charge >= 0.3 is 0 Å². The Morgan fingerprint density at radius 1 is 1.44 bits per heavy atom. The van der Waals surface area contributed by atoms with E-state index in [1.807, 2.05) is 38.2 Å². The summed E-state index contributed by atoms with van der Waals surface area (Å²) in [5.74, 6) is 0.544. The molecule has 0 saturated carbocycles. The summed E-state index contributed by atoms with van der Waals surface area (Å²) in [5, 5.41) is 16.2. The Hall–Kier alpha value is -2.92. The maximum absolute atomic E-state index is 12.2. The van der Waals surface area contributed by atoms with Crippen molar-refractivity contribution in [3.63, 3.8) is 0 Å². The molecule has 4 rings (SSSR count). The summed E-state index contributed by atoms with van der Waals surface area (Å²) >= 11 is 1.43. The second-order valence-electron chi connectivity index (χ2n) is 6.09. The second-order valence-corrected chi connectivity index (χ2v) is 7.12. The lowest BCUT2D eigenvalue weighted by molar-refractivity contribution is -0.123. The monoisotopic (exact) mass is 353 g/mol. The van der Waals surface area contributed by atoms with Crippen molar-refractivity contribution in [1.82, 2.24) is 15.0 Å². The van der Waals surface area contributed by atoms with Gasteiger partial charge in [0.05, 0.1) is 21.8 Å². The van der Waals surface area contributed by atoms with Gasteiger partial charge in [-0.25, -0.2) is 4.98 Å². The van der Waals surface area contributed by atoms with E-state index in [-0.39, 0.29) is 11.8 Å². The van der Waals surface area contributed by atoms with Gasteiger partial charge in [-0.3, -0.25) is 4.79 Å². The first-order chi connectivity index (χ1) is 12.0. The third kappa shape index (κ3) is 2.72. The Morgan fingerprint density at radius 2 is 2.24 bits per heavy atom. The topological polar surface area (TPSA) is 95.1 Å². The van der Waals surface area contributed by atoms with Gasteiger partial charge in [-0.15, -0.1) is 0 Å². The van der Waals surface area contributed by atoms with Gasteiger partial charge in [0.15, 0.2) is 11.3 Å². The number of hydrogen-bond donors (Lipinski definition) is 1. The fourth-order valence-electron chi connectivity index (χ4n) is 2.96. The van der Waals surface area contributed by atoms with E-state index < -0.39 is 0 Å². The van der Waals surface area contributed by atoms with Gasteiger partial charge in [-0.1, -0.05) is 22.6 Å². The zero-order valence-electron chi connectivity index (χ0n) is 13.7. The predicted molar refractivity (Wildman–Crippen MR) is 93.9 cm³/mol. The van der Waals surface area contributed by atoms with Crippen LogP contribution in [-0.4, -0.2) is 34.0 Å². The number of carbonyl (C=O) groups is 1. The van der Waals surface area contributed by atoms with E-state index in [4.69, 9.17) is 9.78 Å². The molecule has 8 heteroatoms. The molecule has 3 heterocycles. The molecule has 0 radical (unpaired) electrons. The average molecular weight is 353 g/mol. The third-order valence-electron chi connectivity index (χ3n) is 4.33. The zero-order chi connectivity index (χ0) is 17.6. The minimum atomic E-state index is -0.149. The molecular formula is C17H15N5O2S. The van der Waals surface area contributed by atoms with Crippen LogP contribution in [0.1, 0.15) is 11.5 Å². The number of carbonyl (C=O) groups excluding carboxylic acids is 1. The standard InChI is InChI=1S/C17H15N5O2S/c1-9-15(10(2)24-21-9)11-3-4-13-14(5-11)25-17(19-13)20-16(23)12-6-22(7-12)8-18/h3-5,12H,6-7H2,1-2H3,(H,19,20,23). The Bertz CT molecular complexity index is 990. The smallest absolute Gasteiger partial charge is 0.232 e. The number of aryl methyl sites for hydroxylation is 2. The Balaban J connectivity index is 1.57. The number of rotatable bonds is 3. The molecule has 2 aromatic heterocycles. The normalized spacial score (nSPS) is 14.4. The number of benzene rings is 1. The van der Waals surface area contributed by atoms with E-state index >= 15 is 0 Å². The average Bonchev–Trinajstić information content (AvgIpc) is 3.08. The SMILES string of the molecule is Cc1noc(C)c1-c1ccc2nc(NC(=O)C3CN(C#N)C3)sc2c1. The molecule has 1 saturated heterocycles. The van der Waals surface area contributed by atoms with E-state index in [2.05, 4.69) is 15.5 Å². The van der Waals surface area contributed by atoms with Crippen LogP contribution in [0.5, 0.6) is 0 Å². The summed E-state index contributed by atoms with van der Waals surface area (Å²) in [7, 11) is 0. The highest BCUT2D eigenvalue weighted by Gasteiger charge is 2.32. The second kappa shape index (κ2) is 5.86. The Kier molecular flexibility index (Phi) is 3.66. The number of nitriles is 1. The van der Waals surface area contributed by atoms with Gasteiger partial charge in [0.1, 0.15) is 5.76 Å². The molecular weight excluding hydrogens is 338 g/mol. The van der Waals surface area contributed by atoms with Crippen LogP contribution >= 0.6 is 11.3 Å². The van der Waals surface area contributed by atoms with Crippen molar-refractivity contribution in [3.05, 3.63) is 29.7 Å². The predicted octanol–water partition coefficient (Wildman–Crippen LogP) is 2.92. The van der Waals surface area contributed by atoms with Crippen molar-refractivity contribution in [2.24, 2.45) is 5.92 Å². The molecule has 0 spiro atoms. The molecule has 0 atom stereocenters. The molecule has 1 amide bonds. The minimum absolute atomic E-state index is 0.0866. The van der Waals surface area contributed by atoms with Crippen LogP contribution in [0.25, 0.3) is 21.3 Å². The van der Waals surface area contributed by atoms with Gasteiger partial charge < -0.3 is 14.7 Å². The number of nitrogens with one attached hydrogen (secondary N) is 1. The third-order valence-corrected chi connectivity index (χ3v) is 5.27. The van der Waals surface area contributed by atoms with Crippen LogP contribution in [0.4, 0.5) is 5.13 Å². The van der Waals surface area contributed by atoms with Crippen molar-refractivity contribution in [2.75, 3.05) is 18.4 Å². The molecule has 1 aliphatic rings. The number of nitrogens with zero attached hydrogens (tertiary/aromatic N) is 4. The molecule has 1 N–H and O–H groups in total. The molecule has 1 aromatic carbocycles. The van der Waals surface area contributed by atoms with Crippen LogP contribution in [0.2, 0.25) is 0 Å². The maximum atomic E-state index is 12.2. The highest BCUT2D eigenvalue weighted by molar-refractivity contribution is 7.22. The number of likely N-dealkylation sites (tertiary alicyclic amines) is 1. The Morgan fingerprint density at radius 3 is 2.92 bits per heavy atom. The zero-order valence-corrected chi connectivity index (χ0v) is 14.6. The van der Waals surface area contributed by atoms with Crippen molar-refractivity contribution in [2.45, 2.75) is 13.8 Å². The van der Waals surface area contributed by atoms with E-state index in [1.165, 1.54) is 11.3 Å². The quantitative estimate of drug-likeness (QED) is 0.728. The maximum Gasteiger partial charge on any atom is 0.232 e. The summed E-state index contributed by atoms with van der Waals surface area (Å²) < 4.78 is 6.22. The highest BCUT2D eigenvalue weighted by atomic mass is 32.1. The lowest BCUT2D eigenvalue weighted by atomic mass is 10.0. The molecule has 7 nitrogen and oxygen atoms in total. The number of fused-ring (bicyclic) bond motifs is 1. The molecule has 25 heavy (non-hydrogen) atoms. The minimum Gasteiger partial charge on any atom is -0.361 e. The van der Waals surface area contributed by atoms with E-state index in [9.17, 15) is 4.79 Å². The van der Waals surface area contributed by atoms with Gasteiger partial charge in [0.2, 0.25) is 5.91 Å². The Labute approximate surface area is 147 Å². The molecule has 1 aliphatic heterocycles. The van der Waals surface area contributed by atoms with Crippen LogP contribution in [0.3, 0.4) is 0 Å². The first-order valence-electron chi connectivity index (χ1n) is 7.84. The van der Waals surface area contributed by atoms with Crippen LogP contribution in [0, 0.1) is 31.2 Å². The summed E-state index contributed by atoms with van der Waals surface area (Å²) in [6.07, 6.45) is 2.03. The first kappa shape index (κ1) is 15.6. The number of hydrogen-bond acceptors (Lipinski definition) is 7. The summed E-state index contributed by atoms with van der Waals surface area (Å²) in [6.45, 7) is 4.76. The summed E-state index contributed by atoms with van der Waals surface area (Å²) in [6, 6.07) is 5.95. The van der Waals surface area contributed by atoms with Crippen molar-refractivity contribution in [3.8, 4) is 17.3 Å². The number of amides is 1. The highest BCUT2D eigenvalue weighted by Crippen LogP contribution is 2.33. The fourth-order valence-corrected chi connectivity index (χ4v) is 3.87. The largest absolute Gasteiger partial charge is 0.361 e. The lowest BCUT2D eigenvalue weighted by Gasteiger charge is -2.33. The van der Waals surface area contributed by atoms with Gasteiger partial charge in [0, 0.05) is 18.7 Å². The van der Waals surface area contributed by atoms with Crippen molar-refractivity contribution < 1.29 is 9.32 Å². The van der Waals surface area contributed by atoms with E-state index in [0.717, 1.165) is 32.8 Å². The molecule has 0 unspecified atom stereocenters. The lowest BCUT2D eigenvalue weighted by Crippen LogP contribution is -2.49. The van der Waals surface area contributed by atoms with Gasteiger partial charge in [-0.2, -0.15) is 5.26 Å². The van der Waals surface area contributed by atoms with Gasteiger partial charge in [-0.05, 0) is 31.5 Å². The van der Waals surface area contributed by atoms with Crippen LogP contribution in [0.15, 0.2) is 22.7 Å². The fraction of sp³-hybridized carbons (Fsp3) is 0.294. The molecule has 1 fully saturated rings. The van der Waals surface area contributed by atoms with E-state index in [1.54, 1.807) is 4.90 Å². The number of anilines is 1. The van der Waals surface area contributed by atoms with E-state index in [0.29, 0.717) is 18.2 Å². The van der Waals surface area contributed by atoms with Crippen molar-refractivity contribution >= 4 is 32.6 Å². The number of aromatic nitrogens is 2. The summed E-state index contributed by atoms with van der Waals surface area (Å²) in [4.78, 5) is 18.2. The van der Waals surface area contributed by atoms with Crippen LogP contribution < -0.4 is 5.32 Å². The molecule has 3 aromatic rings. The van der Waals surface area contributed by atoms with Crippen LogP contribution in [-0.2, 0) is 4.79 Å². The molecule has 0 aliphatic carbocycles. The van der Waals surface area contributed by atoms with Gasteiger partial charge in [0.25, 0.3) is 0 Å². The molecule has 0 bridgehead atoms. The first-order valence-corrected chi connectivity index (χ1v) is 8.66.